The molecule has 0 saturated heterocycles. The van der Waals surface area contributed by atoms with E-state index in [0.29, 0.717) is 16.3 Å². The van der Waals surface area contributed by atoms with Crippen molar-refractivity contribution in [1.29, 1.82) is 0 Å². The number of nitrogens with zero attached hydrogens (tertiary/aromatic N) is 2. The Kier molecular flexibility index (Phi) is 8.77. The number of aryl methyl sites for hydroxylation is 1. The highest BCUT2D eigenvalue weighted by molar-refractivity contribution is 7.92. The number of halogens is 2. The zero-order chi connectivity index (χ0) is 25.8. The largest absolute Gasteiger partial charge is 0.352 e. The second-order valence-electron chi connectivity index (χ2n) is 8.98. The van der Waals surface area contributed by atoms with Gasteiger partial charge in [-0.05, 0) is 56.5 Å². The Hall–Kier alpha value is -2.65. The predicted molar refractivity (Wildman–Crippen MR) is 135 cm³/mol. The third-order valence-electron chi connectivity index (χ3n) is 6.27. The second kappa shape index (κ2) is 11.4. The average molecular weight is 524 g/mol. The van der Waals surface area contributed by atoms with Gasteiger partial charge in [0.15, 0.2) is 0 Å². The van der Waals surface area contributed by atoms with Crippen LogP contribution in [-0.4, -0.2) is 50.0 Å². The van der Waals surface area contributed by atoms with E-state index in [1.807, 2.05) is 0 Å². The van der Waals surface area contributed by atoms with Crippen LogP contribution in [0.15, 0.2) is 42.5 Å². The van der Waals surface area contributed by atoms with E-state index in [0.717, 1.165) is 36.2 Å². The van der Waals surface area contributed by atoms with Gasteiger partial charge in [0.1, 0.15) is 18.4 Å². The number of hydrogen-bond donors (Lipinski definition) is 1. The van der Waals surface area contributed by atoms with Crippen LogP contribution >= 0.6 is 11.6 Å². The lowest BCUT2D eigenvalue weighted by Gasteiger charge is -2.32. The normalized spacial score (nSPS) is 15.0. The SMILES string of the molecule is Cc1cc(Cl)ccc1N(CC(=O)N(Cc1ccccc1F)C(C)C(=O)NC1CCCC1)S(C)(=O)=O. The van der Waals surface area contributed by atoms with E-state index in [-0.39, 0.29) is 24.1 Å². The van der Waals surface area contributed by atoms with Gasteiger partial charge in [-0.25, -0.2) is 12.8 Å². The summed E-state index contributed by atoms with van der Waals surface area (Å²) >= 11 is 6.02. The highest BCUT2D eigenvalue weighted by Crippen LogP contribution is 2.26. The Bertz CT molecular complexity index is 1180. The summed E-state index contributed by atoms with van der Waals surface area (Å²) in [7, 11) is -3.86. The van der Waals surface area contributed by atoms with E-state index in [9.17, 15) is 22.4 Å². The van der Waals surface area contributed by atoms with E-state index >= 15 is 0 Å². The van der Waals surface area contributed by atoms with Gasteiger partial charge in [0, 0.05) is 23.2 Å². The molecule has 3 rings (SSSR count). The molecule has 2 aromatic carbocycles. The molecule has 1 saturated carbocycles. The maximum absolute atomic E-state index is 14.5. The third kappa shape index (κ3) is 6.95. The topological polar surface area (TPSA) is 86.8 Å². The third-order valence-corrected chi connectivity index (χ3v) is 7.64. The summed E-state index contributed by atoms with van der Waals surface area (Å²) in [6, 6.07) is 9.78. The highest BCUT2D eigenvalue weighted by atomic mass is 35.5. The summed E-state index contributed by atoms with van der Waals surface area (Å²) in [4.78, 5) is 27.8. The fourth-order valence-corrected chi connectivity index (χ4v) is 5.41. The van der Waals surface area contributed by atoms with E-state index in [1.165, 1.54) is 29.2 Å². The van der Waals surface area contributed by atoms with E-state index < -0.39 is 34.3 Å². The Labute approximate surface area is 211 Å². The van der Waals surface area contributed by atoms with Crippen LogP contribution in [0.5, 0.6) is 0 Å². The smallest absolute Gasteiger partial charge is 0.244 e. The molecule has 1 unspecified atom stereocenters. The summed E-state index contributed by atoms with van der Waals surface area (Å²) in [5.41, 5.74) is 1.11. The lowest BCUT2D eigenvalue weighted by atomic mass is 10.1. The molecule has 0 aromatic heterocycles. The van der Waals surface area contributed by atoms with Gasteiger partial charge in [-0.3, -0.25) is 13.9 Å². The molecule has 1 fully saturated rings. The second-order valence-corrected chi connectivity index (χ2v) is 11.3. The Morgan fingerprint density at radius 1 is 1.17 bits per heavy atom. The number of sulfonamides is 1. The molecule has 0 radical (unpaired) electrons. The van der Waals surface area contributed by atoms with Gasteiger partial charge in [0.25, 0.3) is 0 Å². The van der Waals surface area contributed by atoms with Crippen molar-refractivity contribution in [3.63, 3.8) is 0 Å². The summed E-state index contributed by atoms with van der Waals surface area (Å²) in [5.74, 6) is -1.49. The molecule has 0 bridgehead atoms. The molecule has 7 nitrogen and oxygen atoms in total. The number of carbonyl (C=O) groups excluding carboxylic acids is 2. The molecular formula is C25H31ClFN3O4S. The fourth-order valence-electron chi connectivity index (χ4n) is 4.28. The molecule has 10 heteroatoms. The molecule has 1 aliphatic carbocycles. The fraction of sp³-hybridized carbons (Fsp3) is 0.440. The van der Waals surface area contributed by atoms with Crippen LogP contribution in [0.2, 0.25) is 5.02 Å². The summed E-state index contributed by atoms with van der Waals surface area (Å²) in [6.45, 7) is 2.54. The van der Waals surface area contributed by atoms with Crippen LogP contribution in [0.25, 0.3) is 0 Å². The molecule has 2 aromatic rings. The van der Waals surface area contributed by atoms with Gasteiger partial charge in [0.2, 0.25) is 21.8 Å². The van der Waals surface area contributed by atoms with Gasteiger partial charge >= 0.3 is 0 Å². The zero-order valence-corrected chi connectivity index (χ0v) is 21.7. The number of hydrogen-bond acceptors (Lipinski definition) is 4. The minimum atomic E-state index is -3.86. The van der Waals surface area contributed by atoms with Crippen LogP contribution in [-0.2, 0) is 26.2 Å². The van der Waals surface area contributed by atoms with Crippen molar-refractivity contribution in [1.82, 2.24) is 10.2 Å². The summed E-state index contributed by atoms with van der Waals surface area (Å²) < 4.78 is 40.8. The predicted octanol–water partition coefficient (Wildman–Crippen LogP) is 4.03. The Balaban J connectivity index is 1.91. The molecule has 190 valence electrons. The Morgan fingerprint density at radius 2 is 1.83 bits per heavy atom. The quantitative estimate of drug-likeness (QED) is 0.537. The minimum Gasteiger partial charge on any atom is -0.352 e. The van der Waals surface area contributed by atoms with Crippen molar-refractivity contribution in [2.45, 2.75) is 58.2 Å². The molecule has 35 heavy (non-hydrogen) atoms. The maximum Gasteiger partial charge on any atom is 0.244 e. The van der Waals surface area contributed by atoms with Crippen molar-refractivity contribution >= 4 is 39.1 Å². The molecule has 0 spiro atoms. The van der Waals surface area contributed by atoms with E-state index in [2.05, 4.69) is 5.32 Å². The van der Waals surface area contributed by atoms with Crippen molar-refractivity contribution in [2.75, 3.05) is 17.1 Å². The summed E-state index contributed by atoms with van der Waals surface area (Å²) in [5, 5.41) is 3.41. The van der Waals surface area contributed by atoms with Crippen molar-refractivity contribution in [3.8, 4) is 0 Å². The van der Waals surface area contributed by atoms with E-state index in [4.69, 9.17) is 11.6 Å². The molecule has 1 atom stereocenters. The Morgan fingerprint density at radius 3 is 2.43 bits per heavy atom. The minimum absolute atomic E-state index is 0.0413. The molecular weight excluding hydrogens is 493 g/mol. The number of carbonyl (C=O) groups is 2. The highest BCUT2D eigenvalue weighted by Gasteiger charge is 2.32. The lowest BCUT2D eigenvalue weighted by Crippen LogP contribution is -2.52. The number of anilines is 1. The number of rotatable bonds is 9. The molecule has 0 aliphatic heterocycles. The zero-order valence-electron chi connectivity index (χ0n) is 20.1. The first kappa shape index (κ1) is 26.9. The van der Waals surface area contributed by atoms with Crippen LogP contribution in [0.3, 0.4) is 0 Å². The van der Waals surface area contributed by atoms with Gasteiger partial charge in [-0.2, -0.15) is 0 Å². The number of amides is 2. The molecule has 1 aliphatic rings. The van der Waals surface area contributed by atoms with Crippen LogP contribution in [0.4, 0.5) is 10.1 Å². The average Bonchev–Trinajstić information content (AvgIpc) is 3.29. The lowest BCUT2D eigenvalue weighted by molar-refractivity contribution is -0.139. The first-order valence-corrected chi connectivity index (χ1v) is 13.8. The first-order chi connectivity index (χ1) is 16.5. The molecule has 0 heterocycles. The first-order valence-electron chi connectivity index (χ1n) is 11.5. The standard InChI is InChI=1S/C25H31ClFN3O4S/c1-17-14-20(26)12-13-23(17)30(35(3,33)34)16-24(31)29(15-19-8-4-7-11-22(19)27)18(2)25(32)28-21-9-5-6-10-21/h4,7-8,11-14,18,21H,5-6,9-10,15-16H2,1-3H3,(H,28,32). The van der Waals surface area contributed by atoms with Gasteiger partial charge in [-0.15, -0.1) is 0 Å². The van der Waals surface area contributed by atoms with E-state index in [1.54, 1.807) is 32.0 Å². The van der Waals surface area contributed by atoms with Crippen molar-refractivity contribution in [3.05, 3.63) is 64.4 Å². The number of benzene rings is 2. The maximum atomic E-state index is 14.5. The van der Waals surface area contributed by atoms with Gasteiger partial charge < -0.3 is 10.2 Å². The van der Waals surface area contributed by atoms with Crippen LogP contribution < -0.4 is 9.62 Å². The monoisotopic (exact) mass is 523 g/mol. The number of nitrogens with one attached hydrogen (secondary N) is 1. The van der Waals surface area contributed by atoms with Crippen LogP contribution in [0, 0.1) is 12.7 Å². The molecule has 1 N–H and O–H groups in total. The molecule has 2 amide bonds. The van der Waals surface area contributed by atoms with Crippen LogP contribution in [0.1, 0.15) is 43.7 Å². The van der Waals surface area contributed by atoms with Gasteiger partial charge in [0.05, 0.1) is 11.9 Å². The summed E-state index contributed by atoms with van der Waals surface area (Å²) in [6.07, 6.45) is 4.81. The van der Waals surface area contributed by atoms with Crippen molar-refractivity contribution < 1.29 is 22.4 Å². The van der Waals surface area contributed by atoms with Crippen molar-refractivity contribution in [2.24, 2.45) is 0 Å². The van der Waals surface area contributed by atoms with Gasteiger partial charge in [-0.1, -0.05) is 42.6 Å².